The smallest absolute Gasteiger partial charge is 0.338 e. The summed E-state index contributed by atoms with van der Waals surface area (Å²) in [5.41, 5.74) is 1.37. The van der Waals surface area contributed by atoms with Crippen LogP contribution < -0.4 is 5.32 Å². The van der Waals surface area contributed by atoms with Gasteiger partial charge in [0, 0.05) is 10.6 Å². The number of anilines is 1. The van der Waals surface area contributed by atoms with Crippen LogP contribution in [-0.2, 0) is 9.53 Å². The summed E-state index contributed by atoms with van der Waals surface area (Å²) in [4.78, 5) is 17.9. The van der Waals surface area contributed by atoms with Gasteiger partial charge in [0.05, 0.1) is 12.2 Å². The molecule has 0 aliphatic carbocycles. The van der Waals surface area contributed by atoms with E-state index in [0.29, 0.717) is 18.1 Å². The molecule has 3 rings (SSSR count). The van der Waals surface area contributed by atoms with Crippen LogP contribution in [0.1, 0.15) is 44.0 Å². The number of nitrogens with one attached hydrogen (secondary N) is 1. The molecule has 7 heteroatoms. The molecule has 0 aromatic carbocycles. The molecular weight excluding hydrogens is 312 g/mol. The number of esters is 1. The first-order chi connectivity index (χ1) is 11.2. The molecule has 23 heavy (non-hydrogen) atoms. The number of ether oxygens (including phenoxy) is 1. The van der Waals surface area contributed by atoms with E-state index in [9.17, 15) is 4.79 Å². The Kier molecular flexibility index (Phi) is 4.76. The first-order valence-electron chi connectivity index (χ1n) is 7.80. The zero-order valence-corrected chi connectivity index (χ0v) is 14.1. The van der Waals surface area contributed by atoms with Gasteiger partial charge in [-0.05, 0) is 24.8 Å². The average Bonchev–Trinajstić information content (AvgIpc) is 3.21. The van der Waals surface area contributed by atoms with Crippen molar-refractivity contribution < 1.29 is 9.53 Å². The minimum atomic E-state index is -0.286. The highest BCUT2D eigenvalue weighted by Gasteiger charge is 2.34. The molecule has 0 saturated carbocycles. The van der Waals surface area contributed by atoms with Gasteiger partial charge in [0.2, 0.25) is 5.95 Å². The van der Waals surface area contributed by atoms with Gasteiger partial charge < -0.3 is 10.1 Å². The molecule has 0 bridgehead atoms. The summed E-state index contributed by atoms with van der Waals surface area (Å²) in [6.45, 7) is 4.45. The first-order valence-corrected chi connectivity index (χ1v) is 8.68. The van der Waals surface area contributed by atoms with Crippen molar-refractivity contribution in [2.24, 2.45) is 0 Å². The molecule has 0 spiro atoms. The van der Waals surface area contributed by atoms with E-state index in [1.165, 1.54) is 6.33 Å². The van der Waals surface area contributed by atoms with Gasteiger partial charge in [-0.1, -0.05) is 25.8 Å². The minimum Gasteiger partial charge on any atom is -0.462 e. The molecule has 1 aliphatic heterocycles. The number of unbranched alkanes of at least 4 members (excludes halogenated alkanes) is 2. The van der Waals surface area contributed by atoms with Gasteiger partial charge in [-0.25, -0.2) is 9.48 Å². The van der Waals surface area contributed by atoms with Crippen LogP contribution in [-0.4, -0.2) is 27.3 Å². The van der Waals surface area contributed by atoms with E-state index in [1.807, 2.05) is 24.4 Å². The standard InChI is InChI=1S/C16H20N4O2S/c1-3-4-5-8-22-15(21)13-11(2)19-16-17-10-18-20(16)14(13)12-7-6-9-23-12/h6-7,9-10,14H,3-5,8H2,1-2H3,(H,17,18,19). The van der Waals surface area contributed by atoms with Crippen molar-refractivity contribution in [2.45, 2.75) is 39.2 Å². The molecule has 0 amide bonds. The van der Waals surface area contributed by atoms with Crippen molar-refractivity contribution in [3.8, 4) is 0 Å². The predicted octanol–water partition coefficient (Wildman–Crippen LogP) is 3.36. The topological polar surface area (TPSA) is 69.0 Å². The number of nitrogens with zero attached hydrogens (tertiary/aromatic N) is 3. The molecule has 1 N–H and O–H groups in total. The van der Waals surface area contributed by atoms with E-state index in [2.05, 4.69) is 22.3 Å². The fourth-order valence-electron chi connectivity index (χ4n) is 2.66. The monoisotopic (exact) mass is 332 g/mol. The highest BCUT2D eigenvalue weighted by atomic mass is 32.1. The average molecular weight is 332 g/mol. The summed E-state index contributed by atoms with van der Waals surface area (Å²) in [5, 5.41) is 9.41. The molecule has 1 atom stereocenters. The maximum atomic E-state index is 12.6. The number of hydrogen-bond acceptors (Lipinski definition) is 6. The van der Waals surface area contributed by atoms with Crippen molar-refractivity contribution in [3.63, 3.8) is 0 Å². The minimum absolute atomic E-state index is 0.285. The Morgan fingerprint density at radius 1 is 1.48 bits per heavy atom. The largest absolute Gasteiger partial charge is 0.462 e. The van der Waals surface area contributed by atoms with Crippen LogP contribution in [0.2, 0.25) is 0 Å². The van der Waals surface area contributed by atoms with Gasteiger partial charge in [0.25, 0.3) is 0 Å². The van der Waals surface area contributed by atoms with Crippen LogP contribution in [0, 0.1) is 0 Å². The van der Waals surface area contributed by atoms with E-state index in [1.54, 1.807) is 16.0 Å². The van der Waals surface area contributed by atoms with Crippen LogP contribution in [0.25, 0.3) is 0 Å². The molecule has 1 unspecified atom stereocenters. The predicted molar refractivity (Wildman–Crippen MR) is 89.3 cm³/mol. The lowest BCUT2D eigenvalue weighted by Crippen LogP contribution is -2.29. The maximum Gasteiger partial charge on any atom is 0.338 e. The first kappa shape index (κ1) is 15.7. The van der Waals surface area contributed by atoms with Crippen molar-refractivity contribution in [1.29, 1.82) is 0 Å². The Morgan fingerprint density at radius 2 is 2.35 bits per heavy atom. The normalized spacial score (nSPS) is 16.9. The van der Waals surface area contributed by atoms with Crippen LogP contribution in [0.4, 0.5) is 5.95 Å². The van der Waals surface area contributed by atoms with Crippen molar-refractivity contribution in [3.05, 3.63) is 40.0 Å². The van der Waals surface area contributed by atoms with E-state index in [-0.39, 0.29) is 12.0 Å². The quantitative estimate of drug-likeness (QED) is 0.649. The summed E-state index contributed by atoms with van der Waals surface area (Å²) >= 11 is 1.59. The SMILES string of the molecule is CCCCCOC(=O)C1=C(C)Nc2ncnn2C1c1cccs1. The Hall–Kier alpha value is -2.15. The molecule has 122 valence electrons. The molecule has 0 fully saturated rings. The van der Waals surface area contributed by atoms with E-state index in [0.717, 1.165) is 29.8 Å². The number of thiophene rings is 1. The molecule has 3 heterocycles. The molecule has 0 radical (unpaired) electrons. The van der Waals surface area contributed by atoms with Gasteiger partial charge >= 0.3 is 5.97 Å². The Morgan fingerprint density at radius 3 is 3.09 bits per heavy atom. The maximum absolute atomic E-state index is 12.6. The molecule has 0 saturated heterocycles. The third kappa shape index (κ3) is 3.14. The zero-order chi connectivity index (χ0) is 16.2. The summed E-state index contributed by atoms with van der Waals surface area (Å²) in [7, 11) is 0. The number of hydrogen-bond donors (Lipinski definition) is 1. The summed E-state index contributed by atoms with van der Waals surface area (Å²) < 4.78 is 7.22. The van der Waals surface area contributed by atoms with Crippen molar-refractivity contribution in [2.75, 3.05) is 11.9 Å². The zero-order valence-electron chi connectivity index (χ0n) is 13.3. The van der Waals surface area contributed by atoms with Crippen LogP contribution in [0.5, 0.6) is 0 Å². The Bertz CT molecular complexity index is 705. The lowest BCUT2D eigenvalue weighted by molar-refractivity contribution is -0.139. The number of carbonyl (C=O) groups is 1. The number of aromatic nitrogens is 3. The van der Waals surface area contributed by atoms with Gasteiger partial charge in [0.1, 0.15) is 12.4 Å². The van der Waals surface area contributed by atoms with Gasteiger partial charge in [-0.3, -0.25) is 0 Å². The fraction of sp³-hybridized carbons (Fsp3) is 0.438. The number of carbonyl (C=O) groups excluding carboxylic acids is 1. The number of fused-ring (bicyclic) bond motifs is 1. The second-order valence-electron chi connectivity index (χ2n) is 5.45. The molecule has 2 aromatic rings. The molecule has 1 aliphatic rings. The van der Waals surface area contributed by atoms with E-state index >= 15 is 0 Å². The summed E-state index contributed by atoms with van der Waals surface area (Å²) in [5.74, 6) is 0.356. The lowest BCUT2D eigenvalue weighted by Gasteiger charge is -2.27. The van der Waals surface area contributed by atoms with E-state index in [4.69, 9.17) is 4.74 Å². The Balaban J connectivity index is 1.88. The summed E-state index contributed by atoms with van der Waals surface area (Å²) in [6.07, 6.45) is 4.54. The molecule has 2 aromatic heterocycles. The lowest BCUT2D eigenvalue weighted by atomic mass is 10.0. The number of rotatable bonds is 6. The van der Waals surface area contributed by atoms with Gasteiger partial charge in [-0.2, -0.15) is 10.1 Å². The Labute approximate surface area is 139 Å². The van der Waals surface area contributed by atoms with Crippen LogP contribution >= 0.6 is 11.3 Å². The van der Waals surface area contributed by atoms with E-state index < -0.39 is 0 Å². The fourth-order valence-corrected chi connectivity index (χ4v) is 3.48. The highest BCUT2D eigenvalue weighted by Crippen LogP contribution is 2.36. The van der Waals surface area contributed by atoms with Crippen molar-refractivity contribution >= 4 is 23.3 Å². The second kappa shape index (κ2) is 6.95. The number of allylic oxidation sites excluding steroid dienone is 1. The van der Waals surface area contributed by atoms with Crippen LogP contribution in [0.3, 0.4) is 0 Å². The third-order valence-electron chi connectivity index (χ3n) is 3.81. The van der Waals surface area contributed by atoms with Gasteiger partial charge in [-0.15, -0.1) is 11.3 Å². The summed E-state index contributed by atoms with van der Waals surface area (Å²) in [6, 6.07) is 3.69. The second-order valence-corrected chi connectivity index (χ2v) is 6.43. The van der Waals surface area contributed by atoms with Crippen molar-refractivity contribution in [1.82, 2.24) is 14.8 Å². The van der Waals surface area contributed by atoms with Crippen LogP contribution in [0.15, 0.2) is 35.1 Å². The third-order valence-corrected chi connectivity index (χ3v) is 4.73. The van der Waals surface area contributed by atoms with Gasteiger partial charge in [0.15, 0.2) is 0 Å². The molecule has 6 nitrogen and oxygen atoms in total. The highest BCUT2D eigenvalue weighted by molar-refractivity contribution is 7.10. The molecular formula is C16H20N4O2S.